The van der Waals surface area contributed by atoms with E-state index >= 15 is 0 Å². The van der Waals surface area contributed by atoms with Gasteiger partial charge in [0.1, 0.15) is 0 Å². The van der Waals surface area contributed by atoms with Crippen LogP contribution in [0.2, 0.25) is 0 Å². The summed E-state index contributed by atoms with van der Waals surface area (Å²) in [7, 11) is 0. The minimum atomic E-state index is -0.843. The molecule has 0 saturated heterocycles. The van der Waals surface area contributed by atoms with Crippen molar-refractivity contribution in [1.82, 2.24) is 0 Å². The van der Waals surface area contributed by atoms with Crippen molar-refractivity contribution in [1.29, 1.82) is 0 Å². The summed E-state index contributed by atoms with van der Waals surface area (Å²) in [4.78, 5) is 10.7. The van der Waals surface area contributed by atoms with Gasteiger partial charge in [0.05, 0.1) is 23.7 Å². The van der Waals surface area contributed by atoms with Gasteiger partial charge in [-0.1, -0.05) is 0 Å². The number of hydrogen-bond acceptors (Lipinski definition) is 3. The van der Waals surface area contributed by atoms with E-state index in [0.29, 0.717) is 12.8 Å². The van der Waals surface area contributed by atoms with E-state index in [0.717, 1.165) is 0 Å². The van der Waals surface area contributed by atoms with Crippen molar-refractivity contribution in [2.24, 2.45) is 5.92 Å². The van der Waals surface area contributed by atoms with E-state index in [9.17, 15) is 9.90 Å². The van der Waals surface area contributed by atoms with Crippen molar-refractivity contribution < 1.29 is 19.7 Å². The molecule has 4 heteroatoms. The summed E-state index contributed by atoms with van der Waals surface area (Å²) in [6.07, 6.45) is -0.268. The highest BCUT2D eigenvalue weighted by atomic mass is 16.5. The number of rotatable bonds is 2. The molecule has 4 nitrogen and oxygen atoms in total. The number of aliphatic hydroxyl groups excluding tert-OH is 1. The van der Waals surface area contributed by atoms with Gasteiger partial charge in [0.2, 0.25) is 0 Å². The first kappa shape index (κ1) is 11.5. The summed E-state index contributed by atoms with van der Waals surface area (Å²) >= 11 is 0. The molecular weight excluding hydrogens is 184 g/mol. The molecule has 0 amide bonds. The average Bonchev–Trinajstić information content (AvgIpc) is 2.29. The minimum absolute atomic E-state index is 0.302. The zero-order chi connectivity index (χ0) is 10.9. The van der Waals surface area contributed by atoms with Crippen LogP contribution in [0, 0.1) is 5.92 Å². The van der Waals surface area contributed by atoms with Gasteiger partial charge in [-0.05, 0) is 33.6 Å². The molecule has 0 heterocycles. The van der Waals surface area contributed by atoms with Crippen LogP contribution in [0.3, 0.4) is 0 Å². The molecule has 1 aliphatic carbocycles. The number of ether oxygens (including phenoxy) is 1. The zero-order valence-corrected chi connectivity index (χ0v) is 8.86. The van der Waals surface area contributed by atoms with Crippen LogP contribution in [0.4, 0.5) is 0 Å². The fraction of sp³-hybridized carbons (Fsp3) is 0.900. The maximum absolute atomic E-state index is 10.7. The van der Waals surface area contributed by atoms with E-state index in [1.807, 2.05) is 20.8 Å². The molecule has 0 radical (unpaired) electrons. The minimum Gasteiger partial charge on any atom is -0.481 e. The number of aliphatic carboxylic acids is 1. The topological polar surface area (TPSA) is 66.8 Å². The van der Waals surface area contributed by atoms with Gasteiger partial charge in [0, 0.05) is 0 Å². The molecule has 0 aromatic heterocycles. The lowest BCUT2D eigenvalue weighted by molar-refractivity contribution is -0.142. The third kappa shape index (κ3) is 2.96. The highest BCUT2D eigenvalue weighted by molar-refractivity contribution is 5.70. The Bertz CT molecular complexity index is 219. The van der Waals surface area contributed by atoms with E-state index in [2.05, 4.69) is 0 Å². The van der Waals surface area contributed by atoms with Crippen molar-refractivity contribution >= 4 is 5.97 Å². The van der Waals surface area contributed by atoms with E-state index < -0.39 is 18.0 Å². The van der Waals surface area contributed by atoms with Crippen molar-refractivity contribution in [3.8, 4) is 0 Å². The Balaban J connectivity index is 2.53. The number of hydrogen-bond donors (Lipinski definition) is 2. The van der Waals surface area contributed by atoms with Gasteiger partial charge in [-0.3, -0.25) is 4.79 Å². The lowest BCUT2D eigenvalue weighted by Gasteiger charge is -2.26. The van der Waals surface area contributed by atoms with Crippen molar-refractivity contribution in [2.75, 3.05) is 0 Å². The summed E-state index contributed by atoms with van der Waals surface area (Å²) in [6.45, 7) is 5.69. The lowest BCUT2D eigenvalue weighted by Crippen LogP contribution is -2.32. The summed E-state index contributed by atoms with van der Waals surface area (Å²) in [5, 5.41) is 18.4. The molecule has 0 aliphatic heterocycles. The lowest BCUT2D eigenvalue weighted by atomic mass is 10.1. The number of aliphatic hydroxyl groups is 1. The smallest absolute Gasteiger partial charge is 0.306 e. The molecule has 1 fully saturated rings. The average molecular weight is 202 g/mol. The summed E-state index contributed by atoms with van der Waals surface area (Å²) in [6, 6.07) is 0. The van der Waals surface area contributed by atoms with Crippen molar-refractivity contribution in [3.63, 3.8) is 0 Å². The van der Waals surface area contributed by atoms with Crippen LogP contribution in [0.15, 0.2) is 0 Å². The third-order valence-corrected chi connectivity index (χ3v) is 2.33. The first-order valence-electron chi connectivity index (χ1n) is 4.88. The summed E-state index contributed by atoms with van der Waals surface area (Å²) < 4.78 is 5.58. The second-order valence-corrected chi connectivity index (χ2v) is 4.84. The van der Waals surface area contributed by atoms with E-state index in [-0.39, 0.29) is 11.7 Å². The highest BCUT2D eigenvalue weighted by Crippen LogP contribution is 2.31. The molecule has 0 spiro atoms. The van der Waals surface area contributed by atoms with E-state index in [1.54, 1.807) is 0 Å². The quantitative estimate of drug-likeness (QED) is 0.701. The number of carboxylic acids is 1. The molecule has 0 aromatic rings. The maximum atomic E-state index is 10.7. The molecule has 82 valence electrons. The largest absolute Gasteiger partial charge is 0.481 e. The molecule has 0 aromatic carbocycles. The van der Waals surface area contributed by atoms with Gasteiger partial charge in [-0.15, -0.1) is 0 Å². The van der Waals surface area contributed by atoms with Gasteiger partial charge < -0.3 is 14.9 Å². The molecule has 0 bridgehead atoms. The molecule has 1 rings (SSSR count). The van der Waals surface area contributed by atoms with Gasteiger partial charge in [0.15, 0.2) is 0 Å². The van der Waals surface area contributed by atoms with Crippen molar-refractivity contribution in [3.05, 3.63) is 0 Å². The normalized spacial score (nSPS) is 33.3. The molecule has 1 saturated carbocycles. The SMILES string of the molecule is CC(C)(C)O[C@@H]1C[C@H](C(=O)O)C[C@H]1O. The Labute approximate surface area is 83.9 Å². The first-order chi connectivity index (χ1) is 6.29. The van der Waals surface area contributed by atoms with Crippen LogP contribution < -0.4 is 0 Å². The Morgan fingerprint density at radius 3 is 2.29 bits per heavy atom. The van der Waals surface area contributed by atoms with Crippen LogP contribution in [0.5, 0.6) is 0 Å². The summed E-state index contributed by atoms with van der Waals surface area (Å²) in [5.74, 6) is -1.30. The standard InChI is InChI=1S/C10H18O4/c1-10(2,3)14-8-5-6(9(12)13)4-7(8)11/h6-8,11H,4-5H2,1-3H3,(H,12,13)/t6-,7-,8-/m1/s1. The monoisotopic (exact) mass is 202 g/mol. The van der Waals surface area contributed by atoms with Crippen LogP contribution in [0.25, 0.3) is 0 Å². The molecule has 2 N–H and O–H groups in total. The summed E-state index contributed by atoms with van der Waals surface area (Å²) in [5.41, 5.74) is -0.334. The number of carbonyl (C=O) groups is 1. The van der Waals surface area contributed by atoms with Crippen LogP contribution in [-0.2, 0) is 9.53 Å². The van der Waals surface area contributed by atoms with Gasteiger partial charge in [-0.2, -0.15) is 0 Å². The second kappa shape index (κ2) is 3.87. The molecule has 3 atom stereocenters. The predicted molar refractivity (Wildman–Crippen MR) is 51.0 cm³/mol. The molecular formula is C10H18O4. The molecule has 1 aliphatic rings. The van der Waals surface area contributed by atoms with E-state index in [1.165, 1.54) is 0 Å². The Morgan fingerprint density at radius 1 is 1.36 bits per heavy atom. The number of carboxylic acid groups (broad SMARTS) is 1. The first-order valence-corrected chi connectivity index (χ1v) is 4.88. The third-order valence-electron chi connectivity index (χ3n) is 2.33. The second-order valence-electron chi connectivity index (χ2n) is 4.84. The van der Waals surface area contributed by atoms with Crippen LogP contribution in [-0.4, -0.2) is 34.0 Å². The fourth-order valence-electron chi connectivity index (χ4n) is 1.76. The fourth-order valence-corrected chi connectivity index (χ4v) is 1.76. The Hall–Kier alpha value is -0.610. The maximum Gasteiger partial charge on any atom is 0.306 e. The molecule has 14 heavy (non-hydrogen) atoms. The van der Waals surface area contributed by atoms with Gasteiger partial charge in [-0.25, -0.2) is 0 Å². The van der Waals surface area contributed by atoms with E-state index in [4.69, 9.17) is 9.84 Å². The Morgan fingerprint density at radius 2 is 1.93 bits per heavy atom. The zero-order valence-electron chi connectivity index (χ0n) is 8.86. The van der Waals surface area contributed by atoms with Gasteiger partial charge in [0.25, 0.3) is 0 Å². The van der Waals surface area contributed by atoms with Crippen LogP contribution >= 0.6 is 0 Å². The van der Waals surface area contributed by atoms with Crippen LogP contribution in [0.1, 0.15) is 33.6 Å². The van der Waals surface area contributed by atoms with Gasteiger partial charge >= 0.3 is 5.97 Å². The molecule has 0 unspecified atom stereocenters. The Kier molecular flexibility index (Phi) is 3.17. The highest BCUT2D eigenvalue weighted by Gasteiger charge is 2.39. The predicted octanol–water partition coefficient (Wildman–Crippen LogP) is 1.03. The van der Waals surface area contributed by atoms with Crippen molar-refractivity contribution in [2.45, 2.75) is 51.4 Å².